The number of rotatable bonds is 2. The molecule has 1 aromatic carbocycles. The molecule has 2 heterocycles. The Morgan fingerprint density at radius 2 is 1.86 bits per heavy atom. The van der Waals surface area contributed by atoms with Crippen molar-refractivity contribution in [1.29, 1.82) is 0 Å². The summed E-state index contributed by atoms with van der Waals surface area (Å²) >= 11 is 0. The van der Waals surface area contributed by atoms with E-state index in [0.717, 1.165) is 11.1 Å². The number of nitrogens with zero attached hydrogens (tertiary/aromatic N) is 1. The molecule has 0 aliphatic heterocycles. The number of fused-ring (bicyclic) bond motifs is 1. The minimum Gasteiger partial charge on any atom is -0.324 e. The standard InChI is InChI=1S/C17H15FN2O/c1-11(19)15-9-14-8-7-13(18)10-20(14)17(21)16(15)12-5-3-2-4-6-12/h2-11H,19H2,1H3. The molecule has 4 heteroatoms. The van der Waals surface area contributed by atoms with Gasteiger partial charge in [0.25, 0.3) is 5.56 Å². The predicted molar refractivity (Wildman–Crippen MR) is 81.7 cm³/mol. The van der Waals surface area contributed by atoms with E-state index < -0.39 is 5.82 Å². The molecule has 2 aromatic heterocycles. The zero-order valence-corrected chi connectivity index (χ0v) is 11.6. The Balaban J connectivity index is 2.43. The molecule has 3 nitrogen and oxygen atoms in total. The fraction of sp³-hybridized carbons (Fsp3) is 0.118. The van der Waals surface area contributed by atoms with Crippen LogP contribution < -0.4 is 11.3 Å². The molecule has 0 aliphatic carbocycles. The zero-order chi connectivity index (χ0) is 15.0. The lowest BCUT2D eigenvalue weighted by Gasteiger charge is -2.14. The maximum absolute atomic E-state index is 13.4. The molecule has 21 heavy (non-hydrogen) atoms. The van der Waals surface area contributed by atoms with E-state index in [1.54, 1.807) is 6.07 Å². The summed E-state index contributed by atoms with van der Waals surface area (Å²) in [4.78, 5) is 12.7. The summed E-state index contributed by atoms with van der Waals surface area (Å²) in [5.74, 6) is -0.447. The van der Waals surface area contributed by atoms with Gasteiger partial charge in [-0.15, -0.1) is 0 Å². The van der Waals surface area contributed by atoms with Crippen LogP contribution in [0.2, 0.25) is 0 Å². The Labute approximate surface area is 121 Å². The molecule has 0 spiro atoms. The molecule has 0 amide bonds. The maximum Gasteiger partial charge on any atom is 0.263 e. The van der Waals surface area contributed by atoms with Gasteiger partial charge in [-0.25, -0.2) is 4.39 Å². The first-order valence-electron chi connectivity index (χ1n) is 6.74. The Bertz CT molecular complexity index is 854. The number of hydrogen-bond donors (Lipinski definition) is 1. The molecule has 0 saturated heterocycles. The average Bonchev–Trinajstić information content (AvgIpc) is 2.48. The summed E-state index contributed by atoms with van der Waals surface area (Å²) in [5, 5.41) is 0. The summed E-state index contributed by atoms with van der Waals surface area (Å²) in [6.45, 7) is 1.83. The molecular weight excluding hydrogens is 267 g/mol. The average molecular weight is 282 g/mol. The molecule has 0 radical (unpaired) electrons. The predicted octanol–water partition coefficient (Wildman–Crippen LogP) is 3.13. The first-order valence-corrected chi connectivity index (χ1v) is 6.74. The number of benzene rings is 1. The smallest absolute Gasteiger partial charge is 0.263 e. The first kappa shape index (κ1) is 13.5. The van der Waals surface area contributed by atoms with Gasteiger partial charge in [-0.1, -0.05) is 30.3 Å². The first-order chi connectivity index (χ1) is 10.1. The van der Waals surface area contributed by atoms with Crippen molar-refractivity contribution in [3.8, 4) is 11.1 Å². The summed E-state index contributed by atoms with van der Waals surface area (Å²) in [5.41, 5.74) is 8.46. The highest BCUT2D eigenvalue weighted by Gasteiger charge is 2.15. The van der Waals surface area contributed by atoms with E-state index in [0.29, 0.717) is 11.1 Å². The van der Waals surface area contributed by atoms with E-state index in [4.69, 9.17) is 5.73 Å². The minimum atomic E-state index is -0.447. The van der Waals surface area contributed by atoms with Crippen LogP contribution in [0.3, 0.4) is 0 Å². The van der Waals surface area contributed by atoms with Crippen molar-refractivity contribution in [2.75, 3.05) is 0 Å². The third-order valence-corrected chi connectivity index (χ3v) is 3.52. The van der Waals surface area contributed by atoms with Gasteiger partial charge in [-0.2, -0.15) is 0 Å². The van der Waals surface area contributed by atoms with Gasteiger partial charge < -0.3 is 5.73 Å². The highest BCUT2D eigenvalue weighted by Crippen LogP contribution is 2.25. The van der Waals surface area contributed by atoms with Gasteiger partial charge in [0.15, 0.2) is 0 Å². The van der Waals surface area contributed by atoms with Gasteiger partial charge in [0, 0.05) is 17.8 Å². The molecule has 0 fully saturated rings. The molecule has 0 saturated carbocycles. The molecule has 3 rings (SSSR count). The number of nitrogens with two attached hydrogens (primary N) is 1. The van der Waals surface area contributed by atoms with Crippen molar-refractivity contribution < 1.29 is 4.39 Å². The lowest BCUT2D eigenvalue weighted by atomic mass is 9.97. The minimum absolute atomic E-state index is 0.259. The third kappa shape index (κ3) is 2.34. The van der Waals surface area contributed by atoms with Gasteiger partial charge in [0.2, 0.25) is 0 Å². The second-order valence-corrected chi connectivity index (χ2v) is 5.08. The Morgan fingerprint density at radius 1 is 1.14 bits per heavy atom. The lowest BCUT2D eigenvalue weighted by Crippen LogP contribution is -2.21. The van der Waals surface area contributed by atoms with E-state index in [1.807, 2.05) is 43.3 Å². The van der Waals surface area contributed by atoms with Crippen molar-refractivity contribution in [2.45, 2.75) is 13.0 Å². The van der Waals surface area contributed by atoms with Gasteiger partial charge in [-0.3, -0.25) is 9.20 Å². The summed E-state index contributed by atoms with van der Waals surface area (Å²) in [7, 11) is 0. The van der Waals surface area contributed by atoms with E-state index in [9.17, 15) is 9.18 Å². The van der Waals surface area contributed by atoms with E-state index in [2.05, 4.69) is 0 Å². The zero-order valence-electron chi connectivity index (χ0n) is 11.6. The highest BCUT2D eigenvalue weighted by atomic mass is 19.1. The molecule has 0 bridgehead atoms. The van der Waals surface area contributed by atoms with E-state index >= 15 is 0 Å². The molecular formula is C17H15FN2O. The lowest BCUT2D eigenvalue weighted by molar-refractivity contribution is 0.618. The Kier molecular flexibility index (Phi) is 3.31. The monoisotopic (exact) mass is 282 g/mol. The van der Waals surface area contributed by atoms with Crippen LogP contribution in [0, 0.1) is 5.82 Å². The van der Waals surface area contributed by atoms with Crippen LogP contribution in [0.5, 0.6) is 0 Å². The SMILES string of the molecule is CC(N)c1cc2ccc(F)cn2c(=O)c1-c1ccccc1. The summed E-state index contributed by atoms with van der Waals surface area (Å²) in [6.07, 6.45) is 1.20. The molecule has 3 aromatic rings. The van der Waals surface area contributed by atoms with Gasteiger partial charge in [0.05, 0.1) is 5.56 Å². The summed E-state index contributed by atoms with van der Waals surface area (Å²) in [6, 6.07) is 13.8. The maximum atomic E-state index is 13.4. The third-order valence-electron chi connectivity index (χ3n) is 3.52. The van der Waals surface area contributed by atoms with E-state index in [1.165, 1.54) is 16.7 Å². The van der Waals surface area contributed by atoms with Crippen molar-refractivity contribution in [3.63, 3.8) is 0 Å². The van der Waals surface area contributed by atoms with Crippen molar-refractivity contribution >= 4 is 5.52 Å². The number of hydrogen-bond acceptors (Lipinski definition) is 2. The van der Waals surface area contributed by atoms with Crippen LogP contribution in [0.15, 0.2) is 59.5 Å². The molecule has 2 N–H and O–H groups in total. The number of halogens is 1. The normalized spacial score (nSPS) is 12.5. The van der Waals surface area contributed by atoms with Crippen LogP contribution in [0.4, 0.5) is 4.39 Å². The fourth-order valence-corrected chi connectivity index (χ4v) is 2.51. The van der Waals surface area contributed by atoms with Gasteiger partial charge in [-0.05, 0) is 36.2 Å². The topological polar surface area (TPSA) is 47.5 Å². The molecule has 1 unspecified atom stereocenters. The number of pyridine rings is 2. The molecule has 0 aliphatic rings. The van der Waals surface area contributed by atoms with Crippen LogP contribution in [0.25, 0.3) is 16.6 Å². The van der Waals surface area contributed by atoms with Crippen LogP contribution >= 0.6 is 0 Å². The van der Waals surface area contributed by atoms with Gasteiger partial charge >= 0.3 is 0 Å². The van der Waals surface area contributed by atoms with Gasteiger partial charge in [0.1, 0.15) is 5.82 Å². The summed E-state index contributed by atoms with van der Waals surface area (Å²) < 4.78 is 14.7. The van der Waals surface area contributed by atoms with Crippen molar-refractivity contribution in [2.24, 2.45) is 5.73 Å². The molecule has 106 valence electrons. The van der Waals surface area contributed by atoms with Crippen molar-refractivity contribution in [3.05, 3.63) is 76.5 Å². The van der Waals surface area contributed by atoms with Crippen LogP contribution in [-0.4, -0.2) is 4.40 Å². The largest absolute Gasteiger partial charge is 0.324 e. The molecule has 1 atom stereocenters. The van der Waals surface area contributed by atoms with Crippen molar-refractivity contribution in [1.82, 2.24) is 4.40 Å². The Morgan fingerprint density at radius 3 is 2.52 bits per heavy atom. The fourth-order valence-electron chi connectivity index (χ4n) is 2.51. The number of aromatic nitrogens is 1. The second kappa shape index (κ2) is 5.14. The quantitative estimate of drug-likeness (QED) is 0.785. The van der Waals surface area contributed by atoms with E-state index in [-0.39, 0.29) is 11.6 Å². The second-order valence-electron chi connectivity index (χ2n) is 5.08. The van der Waals surface area contributed by atoms with Crippen LogP contribution in [-0.2, 0) is 0 Å². The highest BCUT2D eigenvalue weighted by molar-refractivity contribution is 5.70. The van der Waals surface area contributed by atoms with Crippen LogP contribution in [0.1, 0.15) is 18.5 Å². The Hall–Kier alpha value is -2.46.